The van der Waals surface area contributed by atoms with E-state index in [0.717, 1.165) is 4.57 Å². The Morgan fingerprint density at radius 3 is 2.82 bits per heavy atom. The van der Waals surface area contributed by atoms with Gasteiger partial charge in [-0.25, -0.2) is 4.79 Å². The third kappa shape index (κ3) is 2.99. The van der Waals surface area contributed by atoms with Crippen molar-refractivity contribution in [2.24, 2.45) is 5.11 Å². The Kier molecular flexibility index (Phi) is 5.72. The molecular weight excluding hydrogens is 320 g/mol. The van der Waals surface area contributed by atoms with Gasteiger partial charge in [0, 0.05) is 11.1 Å². The van der Waals surface area contributed by atoms with E-state index < -0.39 is 42.9 Å². The second kappa shape index (κ2) is 6.92. The monoisotopic (exact) mass is 334 g/mol. The first-order valence-corrected chi connectivity index (χ1v) is 5.95. The number of ether oxygens (including phenoxy) is 1. The minimum Gasteiger partial charge on any atom is -0.393 e. The summed E-state index contributed by atoms with van der Waals surface area (Å²) >= 11 is 0. The lowest BCUT2D eigenvalue weighted by atomic mass is 9.96. The molecule has 122 valence electrons. The Morgan fingerprint density at radius 2 is 2.27 bits per heavy atom. The molecular formula is C10H15ClN6O5. The summed E-state index contributed by atoms with van der Waals surface area (Å²) in [6.07, 6.45) is -3.12. The molecule has 1 fully saturated rings. The zero-order chi connectivity index (χ0) is 15.6. The number of nitrogen functional groups attached to an aromatic ring is 1. The smallest absolute Gasteiger partial charge is 0.351 e. The van der Waals surface area contributed by atoms with Gasteiger partial charge in [-0.2, -0.15) is 4.98 Å². The first-order valence-electron chi connectivity index (χ1n) is 5.95. The van der Waals surface area contributed by atoms with Crippen LogP contribution in [0.3, 0.4) is 0 Å². The van der Waals surface area contributed by atoms with Gasteiger partial charge in [0.25, 0.3) is 0 Å². The summed E-state index contributed by atoms with van der Waals surface area (Å²) in [5.74, 6) is -0.00760. The number of anilines is 1. The highest BCUT2D eigenvalue weighted by Crippen LogP contribution is 2.36. The average Bonchev–Trinajstić information content (AvgIpc) is 2.71. The van der Waals surface area contributed by atoms with Gasteiger partial charge < -0.3 is 25.8 Å². The molecule has 1 aromatic rings. The summed E-state index contributed by atoms with van der Waals surface area (Å²) in [6.45, 7) is -1.12. The quantitative estimate of drug-likeness (QED) is 0.295. The fourth-order valence-corrected chi connectivity index (χ4v) is 2.15. The van der Waals surface area contributed by atoms with E-state index in [9.17, 15) is 20.1 Å². The molecule has 0 amide bonds. The first kappa shape index (κ1) is 18.2. The molecule has 0 bridgehead atoms. The van der Waals surface area contributed by atoms with Gasteiger partial charge in [0.1, 0.15) is 23.6 Å². The fraction of sp³-hybridized carbons (Fsp3) is 0.600. The summed E-state index contributed by atoms with van der Waals surface area (Å²) in [5.41, 5.74) is 11.2. The second-order valence-electron chi connectivity index (χ2n) is 4.60. The minimum absolute atomic E-state index is 0. The Hall–Kier alpha value is -1.88. The van der Waals surface area contributed by atoms with Crippen molar-refractivity contribution in [2.75, 3.05) is 18.9 Å². The van der Waals surface area contributed by atoms with Crippen molar-refractivity contribution in [1.29, 1.82) is 0 Å². The van der Waals surface area contributed by atoms with Gasteiger partial charge in [-0.15, -0.1) is 12.4 Å². The van der Waals surface area contributed by atoms with Crippen LogP contribution in [0.5, 0.6) is 0 Å². The van der Waals surface area contributed by atoms with Crippen LogP contribution in [0.2, 0.25) is 0 Å². The number of halogens is 1. The maximum absolute atomic E-state index is 11.7. The van der Waals surface area contributed by atoms with E-state index in [1.54, 1.807) is 0 Å². The number of hydrogen-bond donors (Lipinski definition) is 4. The third-order valence-electron chi connectivity index (χ3n) is 3.31. The highest BCUT2D eigenvalue weighted by molar-refractivity contribution is 5.85. The van der Waals surface area contributed by atoms with Crippen molar-refractivity contribution in [3.63, 3.8) is 0 Å². The number of aliphatic hydroxyl groups excluding tert-OH is 3. The average molecular weight is 335 g/mol. The van der Waals surface area contributed by atoms with Gasteiger partial charge in [-0.1, -0.05) is 5.11 Å². The molecule has 0 aliphatic carbocycles. The Morgan fingerprint density at radius 1 is 1.59 bits per heavy atom. The molecule has 5 N–H and O–H groups in total. The molecule has 11 nitrogen and oxygen atoms in total. The third-order valence-corrected chi connectivity index (χ3v) is 3.31. The molecule has 1 aromatic heterocycles. The summed E-state index contributed by atoms with van der Waals surface area (Å²) < 4.78 is 6.33. The lowest BCUT2D eigenvalue weighted by Gasteiger charge is -2.27. The van der Waals surface area contributed by atoms with E-state index >= 15 is 0 Å². The number of rotatable bonds is 4. The Labute approximate surface area is 130 Å². The van der Waals surface area contributed by atoms with E-state index in [-0.39, 0.29) is 18.2 Å². The molecule has 1 saturated heterocycles. The lowest BCUT2D eigenvalue weighted by molar-refractivity contribution is -0.123. The van der Waals surface area contributed by atoms with E-state index in [1.807, 2.05) is 0 Å². The van der Waals surface area contributed by atoms with Crippen LogP contribution in [0.15, 0.2) is 22.2 Å². The predicted molar refractivity (Wildman–Crippen MR) is 76.1 cm³/mol. The molecule has 4 atom stereocenters. The molecule has 0 spiro atoms. The van der Waals surface area contributed by atoms with E-state index in [2.05, 4.69) is 15.0 Å². The van der Waals surface area contributed by atoms with Crippen molar-refractivity contribution in [1.82, 2.24) is 9.55 Å². The molecule has 1 aliphatic heterocycles. The lowest BCUT2D eigenvalue weighted by Crippen LogP contribution is -2.48. The van der Waals surface area contributed by atoms with E-state index in [1.165, 1.54) is 12.3 Å². The number of azide groups is 1. The molecule has 0 saturated carbocycles. The van der Waals surface area contributed by atoms with Crippen LogP contribution in [0.25, 0.3) is 10.4 Å². The van der Waals surface area contributed by atoms with Crippen molar-refractivity contribution in [3.8, 4) is 0 Å². The standard InChI is InChI=1S/C10H14N6O5.ClH/c11-5-1-2-16(9(20)14-5)8-6(18)7(19)10(4-17,21-8)3-13-15-12;/h1-2,6-8,17-19H,3-4H2,(H2,11,14,20);1H/t6-,7+,8-,10-;/m1./s1. The van der Waals surface area contributed by atoms with Crippen molar-refractivity contribution >= 4 is 18.2 Å². The molecule has 2 rings (SSSR count). The van der Waals surface area contributed by atoms with Crippen molar-refractivity contribution in [2.45, 2.75) is 24.0 Å². The second-order valence-corrected chi connectivity index (χ2v) is 4.60. The zero-order valence-electron chi connectivity index (χ0n) is 11.2. The molecule has 1 aliphatic rings. The van der Waals surface area contributed by atoms with Crippen LogP contribution in [-0.4, -0.2) is 55.8 Å². The summed E-state index contributed by atoms with van der Waals surface area (Å²) in [5, 5.41) is 32.7. The number of aromatic nitrogens is 2. The van der Waals surface area contributed by atoms with Gasteiger partial charge in [0.05, 0.1) is 13.2 Å². The Bertz CT molecular complexity index is 634. The van der Waals surface area contributed by atoms with Crippen LogP contribution in [0.4, 0.5) is 5.82 Å². The molecule has 22 heavy (non-hydrogen) atoms. The van der Waals surface area contributed by atoms with E-state index in [0.29, 0.717) is 0 Å². The van der Waals surface area contributed by atoms with E-state index in [4.69, 9.17) is 16.0 Å². The van der Waals surface area contributed by atoms with Gasteiger partial charge >= 0.3 is 5.69 Å². The van der Waals surface area contributed by atoms with Crippen molar-refractivity contribution < 1.29 is 20.1 Å². The SMILES string of the molecule is Cl.[N-]=[N+]=NC[C@]1(CO)O[C@@H](n2ccc(N)nc2=O)[C@H](O)[C@@H]1O. The highest BCUT2D eigenvalue weighted by atomic mass is 35.5. The zero-order valence-corrected chi connectivity index (χ0v) is 12.0. The van der Waals surface area contributed by atoms with Crippen LogP contribution in [0, 0.1) is 0 Å². The Balaban J connectivity index is 0.00000242. The maximum atomic E-state index is 11.7. The first-order chi connectivity index (χ1) is 9.95. The molecule has 0 radical (unpaired) electrons. The fourth-order valence-electron chi connectivity index (χ4n) is 2.15. The molecule has 0 unspecified atom stereocenters. The van der Waals surface area contributed by atoms with Crippen LogP contribution >= 0.6 is 12.4 Å². The van der Waals surface area contributed by atoms with Gasteiger partial charge in [-0.05, 0) is 11.6 Å². The number of nitrogens with zero attached hydrogens (tertiary/aromatic N) is 5. The van der Waals surface area contributed by atoms with Crippen LogP contribution in [-0.2, 0) is 4.74 Å². The summed E-state index contributed by atoms with van der Waals surface area (Å²) in [6, 6.07) is 1.32. The summed E-state index contributed by atoms with van der Waals surface area (Å²) in [7, 11) is 0. The number of nitrogens with two attached hydrogens (primary N) is 1. The highest BCUT2D eigenvalue weighted by Gasteiger charge is 2.54. The minimum atomic E-state index is -1.70. The topological polar surface area (TPSA) is 180 Å². The van der Waals surface area contributed by atoms with Crippen LogP contribution in [0.1, 0.15) is 6.23 Å². The van der Waals surface area contributed by atoms with Gasteiger partial charge in [0.15, 0.2) is 6.23 Å². The molecule has 0 aromatic carbocycles. The largest absolute Gasteiger partial charge is 0.393 e. The van der Waals surface area contributed by atoms with Gasteiger partial charge in [-0.3, -0.25) is 4.57 Å². The van der Waals surface area contributed by atoms with Gasteiger partial charge in [0.2, 0.25) is 0 Å². The number of aliphatic hydroxyl groups is 3. The molecule has 2 heterocycles. The number of hydrogen-bond acceptors (Lipinski definition) is 8. The summed E-state index contributed by atoms with van der Waals surface area (Å²) in [4.78, 5) is 17.8. The normalized spacial score (nSPS) is 30.4. The van der Waals surface area contributed by atoms with Crippen molar-refractivity contribution in [3.05, 3.63) is 33.2 Å². The maximum Gasteiger partial charge on any atom is 0.351 e. The molecule has 12 heteroatoms. The van der Waals surface area contributed by atoms with Crippen LogP contribution < -0.4 is 11.4 Å². The predicted octanol–water partition coefficient (Wildman–Crippen LogP) is -1.46.